The molecule has 4 nitrogen and oxygen atoms in total. The third-order valence-electron chi connectivity index (χ3n) is 2.23. The maximum atomic E-state index is 5.71. The largest absolute Gasteiger partial charge is 0.468 e. The van der Waals surface area contributed by atoms with Gasteiger partial charge < -0.3 is 9.64 Å². The van der Waals surface area contributed by atoms with Gasteiger partial charge in [-0.05, 0) is 11.6 Å². The third-order valence-corrected chi connectivity index (χ3v) is 2.46. The van der Waals surface area contributed by atoms with Gasteiger partial charge in [-0.25, -0.2) is 9.98 Å². The van der Waals surface area contributed by atoms with Crippen molar-refractivity contribution in [3.63, 3.8) is 0 Å². The Morgan fingerprint density at radius 1 is 1.53 bits per heavy atom. The summed E-state index contributed by atoms with van der Waals surface area (Å²) in [6.45, 7) is 2.45. The monoisotopic (exact) mass is 225 g/mol. The Hall–Kier alpha value is -1.29. The second-order valence-corrected chi connectivity index (χ2v) is 3.67. The highest BCUT2D eigenvalue weighted by atomic mass is 35.5. The molecular formula is C10H12ClN3O. The van der Waals surface area contributed by atoms with Crippen LogP contribution in [0.3, 0.4) is 0 Å². The number of aromatic nitrogens is 1. The van der Waals surface area contributed by atoms with Gasteiger partial charge in [-0.1, -0.05) is 17.7 Å². The predicted octanol–water partition coefficient (Wildman–Crippen LogP) is 1.55. The zero-order chi connectivity index (χ0) is 10.7. The first-order chi connectivity index (χ1) is 7.29. The molecule has 0 unspecified atom stereocenters. The second-order valence-electron chi connectivity index (χ2n) is 3.28. The van der Waals surface area contributed by atoms with E-state index in [2.05, 4.69) is 14.9 Å². The summed E-state index contributed by atoms with van der Waals surface area (Å²) in [6, 6.07) is 4.45. The van der Waals surface area contributed by atoms with E-state index in [9.17, 15) is 0 Å². The van der Waals surface area contributed by atoms with E-state index in [4.69, 9.17) is 16.3 Å². The van der Waals surface area contributed by atoms with Gasteiger partial charge in [-0.3, -0.25) is 0 Å². The molecule has 0 fully saturated rings. The van der Waals surface area contributed by atoms with E-state index >= 15 is 0 Å². The highest BCUT2D eigenvalue weighted by Gasteiger charge is 2.17. The van der Waals surface area contributed by atoms with Crippen molar-refractivity contribution >= 4 is 17.6 Å². The van der Waals surface area contributed by atoms with E-state index in [0.717, 1.165) is 25.2 Å². The molecule has 0 aromatic carbocycles. The molecule has 1 aliphatic heterocycles. The van der Waals surface area contributed by atoms with Crippen molar-refractivity contribution < 1.29 is 4.74 Å². The molecule has 0 bridgehead atoms. The molecule has 5 heteroatoms. The number of nitrogens with zero attached hydrogens (tertiary/aromatic N) is 3. The standard InChI is InChI=1S/C10H12ClN3O/c1-15-10-12-4-5-14(10)7-8-2-3-9(11)13-6-8/h2-3,6H,4-5,7H2,1H3. The lowest BCUT2D eigenvalue weighted by molar-refractivity contribution is 0.301. The summed E-state index contributed by atoms with van der Waals surface area (Å²) in [4.78, 5) is 10.3. The fourth-order valence-corrected chi connectivity index (χ4v) is 1.63. The quantitative estimate of drug-likeness (QED) is 0.717. The van der Waals surface area contributed by atoms with Gasteiger partial charge in [0.05, 0.1) is 13.7 Å². The number of ether oxygens (including phenoxy) is 1. The molecule has 0 N–H and O–H groups in total. The zero-order valence-corrected chi connectivity index (χ0v) is 9.24. The Morgan fingerprint density at radius 3 is 3.07 bits per heavy atom. The highest BCUT2D eigenvalue weighted by molar-refractivity contribution is 6.29. The molecule has 0 saturated heterocycles. The average Bonchev–Trinajstić information content (AvgIpc) is 2.69. The molecule has 15 heavy (non-hydrogen) atoms. The van der Waals surface area contributed by atoms with Gasteiger partial charge in [0, 0.05) is 19.3 Å². The maximum absolute atomic E-state index is 5.71. The van der Waals surface area contributed by atoms with Gasteiger partial charge in [0.25, 0.3) is 6.02 Å². The van der Waals surface area contributed by atoms with Crippen LogP contribution in [0.25, 0.3) is 0 Å². The van der Waals surface area contributed by atoms with Gasteiger partial charge in [0.2, 0.25) is 0 Å². The molecule has 1 aliphatic rings. The highest BCUT2D eigenvalue weighted by Crippen LogP contribution is 2.11. The maximum Gasteiger partial charge on any atom is 0.287 e. The second kappa shape index (κ2) is 4.49. The van der Waals surface area contributed by atoms with Gasteiger partial charge >= 0.3 is 0 Å². The molecule has 2 heterocycles. The van der Waals surface area contributed by atoms with Crippen LogP contribution in [0, 0.1) is 0 Å². The number of rotatable bonds is 2. The summed E-state index contributed by atoms with van der Waals surface area (Å²) in [5.41, 5.74) is 1.10. The average molecular weight is 226 g/mol. The Morgan fingerprint density at radius 2 is 2.40 bits per heavy atom. The van der Waals surface area contributed by atoms with Crippen molar-refractivity contribution in [2.45, 2.75) is 6.54 Å². The minimum atomic E-state index is 0.515. The van der Waals surface area contributed by atoms with Crippen LogP contribution in [0.4, 0.5) is 0 Å². The first kappa shape index (κ1) is 10.2. The fraction of sp³-hybridized carbons (Fsp3) is 0.400. The van der Waals surface area contributed by atoms with E-state index in [0.29, 0.717) is 11.2 Å². The van der Waals surface area contributed by atoms with Crippen molar-refractivity contribution in [2.24, 2.45) is 4.99 Å². The molecule has 0 spiro atoms. The Balaban J connectivity index is 2.03. The van der Waals surface area contributed by atoms with Crippen molar-refractivity contribution in [2.75, 3.05) is 20.2 Å². The van der Waals surface area contributed by atoms with Crippen molar-refractivity contribution in [3.8, 4) is 0 Å². The van der Waals surface area contributed by atoms with Crippen molar-refractivity contribution in [1.82, 2.24) is 9.88 Å². The normalized spacial score (nSPS) is 15.3. The van der Waals surface area contributed by atoms with Crippen LogP contribution in [-0.4, -0.2) is 36.1 Å². The van der Waals surface area contributed by atoms with Crippen LogP contribution >= 0.6 is 11.6 Å². The summed E-state index contributed by atoms with van der Waals surface area (Å²) in [7, 11) is 1.64. The first-order valence-corrected chi connectivity index (χ1v) is 5.11. The van der Waals surface area contributed by atoms with Crippen LogP contribution in [-0.2, 0) is 11.3 Å². The topological polar surface area (TPSA) is 37.7 Å². The molecular weight excluding hydrogens is 214 g/mol. The number of halogens is 1. The smallest absolute Gasteiger partial charge is 0.287 e. The molecule has 0 aliphatic carbocycles. The van der Waals surface area contributed by atoms with Crippen molar-refractivity contribution in [3.05, 3.63) is 29.0 Å². The Labute approximate surface area is 93.5 Å². The molecule has 0 atom stereocenters. The minimum Gasteiger partial charge on any atom is -0.468 e. The van der Waals surface area contributed by atoms with Crippen LogP contribution in [0.5, 0.6) is 0 Å². The summed E-state index contributed by atoms with van der Waals surface area (Å²) in [5.74, 6) is 0. The summed E-state index contributed by atoms with van der Waals surface area (Å²) in [6.07, 6.45) is 1.77. The Bertz CT molecular complexity index is 363. The number of hydrogen-bond donors (Lipinski definition) is 0. The van der Waals surface area contributed by atoms with Crippen LogP contribution in [0.15, 0.2) is 23.3 Å². The van der Waals surface area contributed by atoms with E-state index in [-0.39, 0.29) is 0 Å². The van der Waals surface area contributed by atoms with Crippen LogP contribution < -0.4 is 0 Å². The molecule has 0 amide bonds. The summed E-state index contributed by atoms with van der Waals surface area (Å²) < 4.78 is 5.15. The number of methoxy groups -OCH3 is 1. The lowest BCUT2D eigenvalue weighted by Crippen LogP contribution is -2.28. The lowest BCUT2D eigenvalue weighted by atomic mass is 10.3. The summed E-state index contributed by atoms with van der Waals surface area (Å²) in [5, 5.41) is 0.515. The van der Waals surface area contributed by atoms with E-state index in [1.54, 1.807) is 19.4 Å². The third kappa shape index (κ3) is 2.39. The molecule has 1 aromatic rings. The van der Waals surface area contributed by atoms with Gasteiger partial charge in [0.15, 0.2) is 0 Å². The molecule has 0 saturated carbocycles. The molecule has 2 rings (SSSR count). The van der Waals surface area contributed by atoms with Gasteiger partial charge in [-0.2, -0.15) is 0 Å². The predicted molar refractivity (Wildman–Crippen MR) is 59.0 cm³/mol. The minimum absolute atomic E-state index is 0.515. The lowest BCUT2D eigenvalue weighted by Gasteiger charge is -2.18. The number of aliphatic imine (C=N–C) groups is 1. The number of hydrogen-bond acceptors (Lipinski definition) is 4. The van der Waals surface area contributed by atoms with E-state index in [1.165, 1.54) is 0 Å². The summed E-state index contributed by atoms with van der Waals surface area (Å²) >= 11 is 5.71. The van der Waals surface area contributed by atoms with Crippen molar-refractivity contribution in [1.29, 1.82) is 0 Å². The van der Waals surface area contributed by atoms with E-state index in [1.807, 2.05) is 6.07 Å². The fourth-order valence-electron chi connectivity index (χ4n) is 1.52. The van der Waals surface area contributed by atoms with E-state index < -0.39 is 0 Å². The molecule has 0 radical (unpaired) electrons. The molecule has 1 aromatic heterocycles. The first-order valence-electron chi connectivity index (χ1n) is 4.73. The SMILES string of the molecule is COC1=NCCN1Cc1ccc(Cl)nc1. The number of pyridine rings is 1. The van der Waals surface area contributed by atoms with Gasteiger partial charge in [-0.15, -0.1) is 0 Å². The van der Waals surface area contributed by atoms with Crippen LogP contribution in [0.2, 0.25) is 5.15 Å². The molecule has 80 valence electrons. The zero-order valence-electron chi connectivity index (χ0n) is 8.48. The van der Waals surface area contributed by atoms with Crippen LogP contribution in [0.1, 0.15) is 5.56 Å². The Kier molecular flexibility index (Phi) is 3.06. The van der Waals surface area contributed by atoms with Gasteiger partial charge in [0.1, 0.15) is 5.15 Å². The number of amidine groups is 1.